The first-order valence-electron chi connectivity index (χ1n) is 10.2. The van der Waals surface area contributed by atoms with E-state index in [4.69, 9.17) is 19.2 Å². The molecular formula is C21H32BNO5. The molecule has 0 bridgehead atoms. The molecule has 1 N–H and O–H groups in total. The highest BCUT2D eigenvalue weighted by molar-refractivity contribution is 6.62. The summed E-state index contributed by atoms with van der Waals surface area (Å²) < 4.78 is 17.7. The molecule has 154 valence electrons. The van der Waals surface area contributed by atoms with E-state index < -0.39 is 0 Å². The molecular weight excluding hydrogens is 357 g/mol. The van der Waals surface area contributed by atoms with Crippen LogP contribution in [0.2, 0.25) is 0 Å². The number of aliphatic hydroxyl groups is 1. The number of carbonyl (C=O) groups excluding carboxylic acids is 1. The average molecular weight is 389 g/mol. The molecule has 28 heavy (non-hydrogen) atoms. The van der Waals surface area contributed by atoms with Gasteiger partial charge in [-0.2, -0.15) is 0 Å². The molecule has 0 spiro atoms. The summed E-state index contributed by atoms with van der Waals surface area (Å²) in [6, 6.07) is 7.99. The van der Waals surface area contributed by atoms with Crippen LogP contribution in [0, 0.1) is 0 Å². The Morgan fingerprint density at radius 3 is 2.32 bits per heavy atom. The molecule has 7 heteroatoms. The number of hydrogen-bond donors (Lipinski definition) is 1. The van der Waals surface area contributed by atoms with Crippen molar-refractivity contribution in [2.24, 2.45) is 0 Å². The number of rotatable bonds is 6. The quantitative estimate of drug-likeness (QED) is 0.758. The average Bonchev–Trinajstić information content (AvgIpc) is 2.87. The van der Waals surface area contributed by atoms with Crippen molar-refractivity contribution in [3.8, 4) is 0 Å². The summed E-state index contributed by atoms with van der Waals surface area (Å²) in [6.07, 6.45) is 1.80. The smallest absolute Gasteiger partial charge is 0.446 e. The van der Waals surface area contributed by atoms with Gasteiger partial charge in [0.2, 0.25) is 0 Å². The summed E-state index contributed by atoms with van der Waals surface area (Å²) in [4.78, 5) is 14.2. The minimum Gasteiger partial charge on any atom is -0.446 e. The van der Waals surface area contributed by atoms with E-state index in [1.807, 2.05) is 58.9 Å². The van der Waals surface area contributed by atoms with Gasteiger partial charge in [0.1, 0.15) is 6.10 Å². The lowest BCUT2D eigenvalue weighted by Gasteiger charge is -2.35. The zero-order chi connectivity index (χ0) is 20.5. The number of nitrogens with zero attached hydrogens (tertiary/aromatic N) is 1. The van der Waals surface area contributed by atoms with E-state index in [0.29, 0.717) is 19.4 Å². The summed E-state index contributed by atoms with van der Waals surface area (Å²) >= 11 is 0. The highest BCUT2D eigenvalue weighted by Gasteiger charge is 2.51. The molecule has 2 unspecified atom stereocenters. The molecule has 2 aliphatic heterocycles. The number of carbonyl (C=O) groups is 1. The van der Waals surface area contributed by atoms with E-state index in [1.165, 1.54) is 0 Å². The number of amides is 1. The maximum Gasteiger partial charge on any atom is 0.494 e. The molecule has 1 aromatic rings. The predicted molar refractivity (Wildman–Crippen MR) is 108 cm³/mol. The highest BCUT2D eigenvalue weighted by atomic mass is 16.7. The normalized spacial score (nSPS) is 24.9. The Kier molecular flexibility index (Phi) is 6.08. The topological polar surface area (TPSA) is 68.2 Å². The second-order valence-corrected chi connectivity index (χ2v) is 8.78. The lowest BCUT2D eigenvalue weighted by atomic mass is 9.78. The molecule has 2 fully saturated rings. The minimum absolute atomic E-state index is 0.0707. The Morgan fingerprint density at radius 2 is 1.79 bits per heavy atom. The molecule has 2 atom stereocenters. The van der Waals surface area contributed by atoms with Gasteiger partial charge in [0, 0.05) is 19.6 Å². The largest absolute Gasteiger partial charge is 0.494 e. The van der Waals surface area contributed by atoms with Gasteiger partial charge < -0.3 is 24.1 Å². The van der Waals surface area contributed by atoms with Crippen LogP contribution in [-0.4, -0.2) is 53.7 Å². The van der Waals surface area contributed by atoms with Gasteiger partial charge in [0.25, 0.3) is 0 Å². The van der Waals surface area contributed by atoms with Gasteiger partial charge in [-0.1, -0.05) is 24.3 Å². The number of benzene rings is 1. The lowest BCUT2D eigenvalue weighted by molar-refractivity contribution is 0.00578. The Balaban J connectivity index is 1.63. The lowest BCUT2D eigenvalue weighted by Crippen LogP contribution is -2.43. The number of ether oxygens (including phenoxy) is 1. The second-order valence-electron chi connectivity index (χ2n) is 8.78. The first-order valence-corrected chi connectivity index (χ1v) is 10.2. The van der Waals surface area contributed by atoms with Crippen LogP contribution in [0.4, 0.5) is 4.79 Å². The van der Waals surface area contributed by atoms with Crippen LogP contribution in [-0.2, 0) is 14.0 Å². The Labute approximate surface area is 168 Å². The third-order valence-corrected chi connectivity index (χ3v) is 6.29. The Morgan fingerprint density at radius 1 is 1.18 bits per heavy atom. The standard InChI is InChI=1S/C21H32BNO5/c1-15(23-13-12-18(7-6-14-24)26-19(23)25)16-8-10-17(11-9-16)22-27-20(2,3)21(4,5)28-22/h8-11,15,18,24H,6-7,12-14H2,1-5H3. The molecule has 2 saturated heterocycles. The van der Waals surface area contributed by atoms with Gasteiger partial charge in [0.05, 0.1) is 17.2 Å². The maximum atomic E-state index is 12.4. The molecule has 0 saturated carbocycles. The van der Waals surface area contributed by atoms with Crippen LogP contribution in [0.3, 0.4) is 0 Å². The van der Waals surface area contributed by atoms with E-state index in [9.17, 15) is 4.79 Å². The molecule has 6 nitrogen and oxygen atoms in total. The van der Waals surface area contributed by atoms with Gasteiger partial charge in [-0.15, -0.1) is 0 Å². The van der Waals surface area contributed by atoms with E-state index >= 15 is 0 Å². The van der Waals surface area contributed by atoms with Crippen LogP contribution >= 0.6 is 0 Å². The minimum atomic E-state index is -0.387. The van der Waals surface area contributed by atoms with Gasteiger partial charge >= 0.3 is 13.2 Å². The molecule has 1 aromatic carbocycles. The molecule has 2 aliphatic rings. The van der Waals surface area contributed by atoms with Crippen LogP contribution in [0.1, 0.15) is 65.5 Å². The van der Waals surface area contributed by atoms with Gasteiger partial charge in [-0.25, -0.2) is 4.79 Å². The van der Waals surface area contributed by atoms with E-state index in [2.05, 4.69) is 0 Å². The summed E-state index contributed by atoms with van der Waals surface area (Å²) in [5, 5.41) is 8.94. The zero-order valence-electron chi connectivity index (χ0n) is 17.6. The zero-order valence-corrected chi connectivity index (χ0v) is 17.6. The van der Waals surface area contributed by atoms with Crippen LogP contribution in [0.15, 0.2) is 24.3 Å². The van der Waals surface area contributed by atoms with E-state index in [1.54, 1.807) is 4.90 Å². The van der Waals surface area contributed by atoms with Crippen LogP contribution in [0.5, 0.6) is 0 Å². The van der Waals surface area contributed by atoms with Crippen molar-refractivity contribution in [3.05, 3.63) is 29.8 Å². The fraction of sp³-hybridized carbons (Fsp3) is 0.667. The molecule has 3 rings (SSSR count). The van der Waals surface area contributed by atoms with Crippen molar-refractivity contribution in [1.82, 2.24) is 4.90 Å². The van der Waals surface area contributed by atoms with Gasteiger partial charge in [0.15, 0.2) is 0 Å². The fourth-order valence-corrected chi connectivity index (χ4v) is 3.61. The van der Waals surface area contributed by atoms with Gasteiger partial charge in [-0.3, -0.25) is 0 Å². The molecule has 0 aliphatic carbocycles. The van der Waals surface area contributed by atoms with Crippen molar-refractivity contribution in [1.29, 1.82) is 0 Å². The highest BCUT2D eigenvalue weighted by Crippen LogP contribution is 2.36. The monoisotopic (exact) mass is 389 g/mol. The van der Waals surface area contributed by atoms with Crippen molar-refractivity contribution < 1.29 is 23.9 Å². The number of hydrogen-bond acceptors (Lipinski definition) is 5. The maximum absolute atomic E-state index is 12.4. The van der Waals surface area contributed by atoms with Crippen molar-refractivity contribution in [2.75, 3.05) is 13.2 Å². The fourth-order valence-electron chi connectivity index (χ4n) is 3.61. The molecule has 0 radical (unpaired) electrons. The van der Waals surface area contributed by atoms with Crippen molar-refractivity contribution >= 4 is 18.7 Å². The number of aliphatic hydroxyl groups excluding tert-OH is 1. The number of cyclic esters (lactones) is 1. The molecule has 2 heterocycles. The van der Waals surface area contributed by atoms with Crippen molar-refractivity contribution in [3.63, 3.8) is 0 Å². The predicted octanol–water partition coefficient (Wildman–Crippen LogP) is 3.03. The third-order valence-electron chi connectivity index (χ3n) is 6.29. The summed E-state index contributed by atoms with van der Waals surface area (Å²) in [7, 11) is -0.387. The summed E-state index contributed by atoms with van der Waals surface area (Å²) in [5.41, 5.74) is 1.28. The van der Waals surface area contributed by atoms with Gasteiger partial charge in [-0.05, 0) is 58.5 Å². The molecule has 1 amide bonds. The SMILES string of the molecule is CC(c1ccc(B2OC(C)(C)C(C)(C)O2)cc1)N1CCC(CCCO)OC1=O. The second kappa shape index (κ2) is 8.05. The van der Waals surface area contributed by atoms with E-state index in [-0.39, 0.29) is 43.2 Å². The Hall–Kier alpha value is -1.57. The Bertz CT molecular complexity index is 675. The van der Waals surface area contributed by atoms with Crippen molar-refractivity contribution in [2.45, 2.75) is 77.2 Å². The first-order chi connectivity index (χ1) is 13.1. The molecule has 0 aromatic heterocycles. The summed E-state index contributed by atoms with van der Waals surface area (Å²) in [6.45, 7) is 11.0. The van der Waals surface area contributed by atoms with E-state index in [0.717, 1.165) is 17.4 Å². The first kappa shape index (κ1) is 21.2. The van der Waals surface area contributed by atoms with Crippen LogP contribution < -0.4 is 5.46 Å². The third kappa shape index (κ3) is 4.21. The van der Waals surface area contributed by atoms with Crippen LogP contribution in [0.25, 0.3) is 0 Å². The summed E-state index contributed by atoms with van der Waals surface area (Å²) in [5.74, 6) is 0.